The molecule has 0 fully saturated rings. The summed E-state index contributed by atoms with van der Waals surface area (Å²) in [5.41, 5.74) is 7.25. The summed E-state index contributed by atoms with van der Waals surface area (Å²) in [6, 6.07) is 0. The monoisotopic (exact) mass is 214 g/mol. The van der Waals surface area contributed by atoms with Gasteiger partial charge in [-0.3, -0.25) is 0 Å². The molecule has 1 aromatic rings. The van der Waals surface area contributed by atoms with Gasteiger partial charge in [0, 0.05) is 6.54 Å². The SMILES string of the molecule is CCCc1c(CN)nnn1CC(O)CO. The van der Waals surface area contributed by atoms with Gasteiger partial charge in [-0.15, -0.1) is 5.10 Å². The Morgan fingerprint density at radius 1 is 1.53 bits per heavy atom. The average molecular weight is 214 g/mol. The summed E-state index contributed by atoms with van der Waals surface area (Å²) in [5.74, 6) is 0. The first-order valence-corrected chi connectivity index (χ1v) is 5.13. The van der Waals surface area contributed by atoms with Gasteiger partial charge in [-0.1, -0.05) is 18.6 Å². The molecule has 0 aromatic carbocycles. The number of hydrogen-bond donors (Lipinski definition) is 3. The molecular weight excluding hydrogens is 196 g/mol. The summed E-state index contributed by atoms with van der Waals surface area (Å²) in [5, 5.41) is 25.9. The summed E-state index contributed by atoms with van der Waals surface area (Å²) in [7, 11) is 0. The van der Waals surface area contributed by atoms with Crippen molar-refractivity contribution in [3.8, 4) is 0 Å². The molecule has 1 atom stereocenters. The summed E-state index contributed by atoms with van der Waals surface area (Å²) < 4.78 is 1.62. The van der Waals surface area contributed by atoms with Gasteiger partial charge in [0.05, 0.1) is 30.6 Å². The van der Waals surface area contributed by atoms with E-state index in [1.807, 2.05) is 0 Å². The Kier molecular flexibility index (Phi) is 4.67. The molecule has 1 aromatic heterocycles. The standard InChI is InChI=1S/C9H18N4O2/c1-2-3-9-8(4-10)11-12-13(9)5-7(15)6-14/h7,14-15H,2-6,10H2,1H3. The van der Waals surface area contributed by atoms with Crippen LogP contribution in [0.15, 0.2) is 0 Å². The van der Waals surface area contributed by atoms with Crippen molar-refractivity contribution in [2.75, 3.05) is 6.61 Å². The fraction of sp³-hybridized carbons (Fsp3) is 0.778. The summed E-state index contributed by atoms with van der Waals surface area (Å²) in [4.78, 5) is 0. The maximum Gasteiger partial charge on any atom is 0.0994 e. The van der Waals surface area contributed by atoms with Gasteiger partial charge in [0.2, 0.25) is 0 Å². The molecule has 1 unspecified atom stereocenters. The highest BCUT2D eigenvalue weighted by Crippen LogP contribution is 2.08. The van der Waals surface area contributed by atoms with Crippen LogP contribution in [0.5, 0.6) is 0 Å². The van der Waals surface area contributed by atoms with Gasteiger partial charge in [0.25, 0.3) is 0 Å². The van der Waals surface area contributed by atoms with E-state index in [0.717, 1.165) is 24.2 Å². The zero-order valence-electron chi connectivity index (χ0n) is 8.93. The Hall–Kier alpha value is -0.980. The zero-order valence-corrected chi connectivity index (χ0v) is 8.93. The van der Waals surface area contributed by atoms with Gasteiger partial charge in [0.1, 0.15) is 0 Å². The molecule has 0 amide bonds. The van der Waals surface area contributed by atoms with E-state index >= 15 is 0 Å². The van der Waals surface area contributed by atoms with Crippen molar-refractivity contribution in [1.82, 2.24) is 15.0 Å². The molecule has 0 spiro atoms. The molecule has 0 aliphatic heterocycles. The average Bonchev–Trinajstić information content (AvgIpc) is 2.61. The first kappa shape index (κ1) is 12.1. The number of rotatable bonds is 6. The van der Waals surface area contributed by atoms with Crippen molar-refractivity contribution < 1.29 is 10.2 Å². The predicted octanol–water partition coefficient (Wildman–Crippen LogP) is -0.958. The van der Waals surface area contributed by atoms with Crippen LogP contribution in [-0.4, -0.2) is 37.9 Å². The summed E-state index contributed by atoms with van der Waals surface area (Å²) >= 11 is 0. The minimum Gasteiger partial charge on any atom is -0.394 e. The van der Waals surface area contributed by atoms with Crippen molar-refractivity contribution in [1.29, 1.82) is 0 Å². The lowest BCUT2D eigenvalue weighted by Gasteiger charge is -2.09. The van der Waals surface area contributed by atoms with E-state index in [1.165, 1.54) is 0 Å². The van der Waals surface area contributed by atoms with Crippen molar-refractivity contribution in [2.24, 2.45) is 5.73 Å². The molecule has 0 radical (unpaired) electrons. The highest BCUT2D eigenvalue weighted by atomic mass is 16.3. The Morgan fingerprint density at radius 3 is 2.80 bits per heavy atom. The Balaban J connectivity index is 2.81. The molecule has 0 saturated carbocycles. The number of hydrogen-bond acceptors (Lipinski definition) is 5. The van der Waals surface area contributed by atoms with E-state index in [0.29, 0.717) is 6.54 Å². The topological polar surface area (TPSA) is 97.2 Å². The Morgan fingerprint density at radius 2 is 2.27 bits per heavy atom. The number of aromatic nitrogens is 3. The van der Waals surface area contributed by atoms with Crippen LogP contribution >= 0.6 is 0 Å². The second kappa shape index (κ2) is 5.79. The summed E-state index contributed by atoms with van der Waals surface area (Å²) in [6.45, 7) is 2.40. The molecule has 0 aliphatic rings. The molecule has 4 N–H and O–H groups in total. The maximum absolute atomic E-state index is 9.32. The first-order chi connectivity index (χ1) is 7.22. The third-order valence-electron chi connectivity index (χ3n) is 2.19. The minimum atomic E-state index is -0.798. The fourth-order valence-electron chi connectivity index (χ4n) is 1.44. The van der Waals surface area contributed by atoms with Crippen molar-refractivity contribution in [3.05, 3.63) is 11.4 Å². The van der Waals surface area contributed by atoms with E-state index in [4.69, 9.17) is 10.8 Å². The van der Waals surface area contributed by atoms with E-state index in [-0.39, 0.29) is 13.2 Å². The van der Waals surface area contributed by atoms with Crippen LogP contribution in [0.3, 0.4) is 0 Å². The lowest BCUT2D eigenvalue weighted by Crippen LogP contribution is -2.22. The van der Waals surface area contributed by atoms with Crippen LogP contribution in [0, 0.1) is 0 Å². The second-order valence-electron chi connectivity index (χ2n) is 3.46. The zero-order chi connectivity index (χ0) is 11.3. The van der Waals surface area contributed by atoms with Crippen LogP contribution in [0.1, 0.15) is 24.7 Å². The van der Waals surface area contributed by atoms with Crippen molar-refractivity contribution in [3.63, 3.8) is 0 Å². The molecule has 1 heterocycles. The van der Waals surface area contributed by atoms with E-state index < -0.39 is 6.10 Å². The number of nitrogens with zero attached hydrogens (tertiary/aromatic N) is 3. The van der Waals surface area contributed by atoms with Crippen molar-refractivity contribution in [2.45, 2.75) is 39.0 Å². The molecular formula is C9H18N4O2. The van der Waals surface area contributed by atoms with Gasteiger partial charge in [0.15, 0.2) is 0 Å². The first-order valence-electron chi connectivity index (χ1n) is 5.13. The minimum absolute atomic E-state index is 0.263. The van der Waals surface area contributed by atoms with Gasteiger partial charge in [-0.2, -0.15) is 0 Å². The number of aliphatic hydroxyl groups is 2. The highest BCUT2D eigenvalue weighted by molar-refractivity contribution is 5.10. The smallest absolute Gasteiger partial charge is 0.0994 e. The van der Waals surface area contributed by atoms with Crippen LogP contribution < -0.4 is 5.73 Å². The quantitative estimate of drug-likeness (QED) is 0.567. The Bertz CT molecular complexity index is 300. The normalized spacial score (nSPS) is 13.1. The fourth-order valence-corrected chi connectivity index (χ4v) is 1.44. The largest absolute Gasteiger partial charge is 0.394 e. The second-order valence-corrected chi connectivity index (χ2v) is 3.46. The van der Waals surface area contributed by atoms with Gasteiger partial charge >= 0.3 is 0 Å². The molecule has 1 rings (SSSR count). The molecule has 6 nitrogen and oxygen atoms in total. The van der Waals surface area contributed by atoms with Crippen molar-refractivity contribution >= 4 is 0 Å². The Labute approximate surface area is 88.7 Å². The van der Waals surface area contributed by atoms with Crippen LogP contribution in [-0.2, 0) is 19.5 Å². The third-order valence-corrected chi connectivity index (χ3v) is 2.19. The summed E-state index contributed by atoms with van der Waals surface area (Å²) in [6.07, 6.45) is 1.00. The van der Waals surface area contributed by atoms with Crippen LogP contribution in [0.4, 0.5) is 0 Å². The molecule has 15 heavy (non-hydrogen) atoms. The van der Waals surface area contributed by atoms with Gasteiger partial charge < -0.3 is 15.9 Å². The molecule has 0 aliphatic carbocycles. The van der Waals surface area contributed by atoms with E-state index in [2.05, 4.69) is 17.2 Å². The lowest BCUT2D eigenvalue weighted by atomic mass is 10.2. The van der Waals surface area contributed by atoms with Crippen LogP contribution in [0.25, 0.3) is 0 Å². The predicted molar refractivity (Wildman–Crippen MR) is 55.0 cm³/mol. The lowest BCUT2D eigenvalue weighted by molar-refractivity contribution is 0.0770. The number of nitrogens with two attached hydrogens (primary N) is 1. The molecule has 0 saturated heterocycles. The third kappa shape index (κ3) is 2.98. The molecule has 6 heteroatoms. The molecule has 86 valence electrons. The van der Waals surface area contributed by atoms with Gasteiger partial charge in [-0.05, 0) is 6.42 Å². The van der Waals surface area contributed by atoms with E-state index in [1.54, 1.807) is 4.68 Å². The molecule has 0 bridgehead atoms. The van der Waals surface area contributed by atoms with Crippen LogP contribution in [0.2, 0.25) is 0 Å². The van der Waals surface area contributed by atoms with Gasteiger partial charge in [-0.25, -0.2) is 4.68 Å². The van der Waals surface area contributed by atoms with E-state index in [9.17, 15) is 5.11 Å². The maximum atomic E-state index is 9.32. The highest BCUT2D eigenvalue weighted by Gasteiger charge is 2.13. The number of aliphatic hydroxyl groups excluding tert-OH is 2.